The van der Waals surface area contributed by atoms with Gasteiger partial charge >= 0.3 is 0 Å². The van der Waals surface area contributed by atoms with E-state index in [9.17, 15) is 0 Å². The van der Waals surface area contributed by atoms with Crippen LogP contribution in [0.15, 0.2) is 18.2 Å². The lowest BCUT2D eigenvalue weighted by Crippen LogP contribution is -2.25. The second-order valence-corrected chi connectivity index (χ2v) is 2.59. The van der Waals surface area contributed by atoms with Crippen molar-refractivity contribution in [3.63, 3.8) is 0 Å². The molecular formula is C7H10B2. The van der Waals surface area contributed by atoms with E-state index in [4.69, 9.17) is 0 Å². The van der Waals surface area contributed by atoms with Gasteiger partial charge in [-0.25, -0.2) is 0 Å². The lowest BCUT2D eigenvalue weighted by molar-refractivity contribution is 1.51. The Morgan fingerprint density at radius 3 is 2.22 bits per heavy atom. The monoisotopic (exact) mass is 116 g/mol. The Morgan fingerprint density at radius 1 is 1.11 bits per heavy atom. The summed E-state index contributed by atoms with van der Waals surface area (Å²) in [6.07, 6.45) is 0. The fourth-order valence-electron chi connectivity index (χ4n) is 0.891. The lowest BCUT2D eigenvalue weighted by atomic mass is 9.80. The molecule has 0 saturated heterocycles. The first-order valence-corrected chi connectivity index (χ1v) is 3.24. The highest BCUT2D eigenvalue weighted by Crippen LogP contribution is 1.88. The minimum absolute atomic E-state index is 1.35. The summed E-state index contributed by atoms with van der Waals surface area (Å²) in [4.78, 5) is 0. The van der Waals surface area contributed by atoms with E-state index in [0.29, 0.717) is 0 Å². The van der Waals surface area contributed by atoms with Crippen molar-refractivity contribution in [2.45, 2.75) is 6.92 Å². The van der Waals surface area contributed by atoms with Gasteiger partial charge in [0.1, 0.15) is 15.7 Å². The van der Waals surface area contributed by atoms with E-state index >= 15 is 0 Å². The molecule has 0 bridgehead atoms. The number of benzene rings is 1. The third-order valence-electron chi connectivity index (χ3n) is 1.66. The number of hydrogen-bond acceptors (Lipinski definition) is 0. The van der Waals surface area contributed by atoms with Crippen molar-refractivity contribution in [2.75, 3.05) is 0 Å². The molecule has 0 saturated carbocycles. The van der Waals surface area contributed by atoms with Crippen LogP contribution in [0.2, 0.25) is 0 Å². The quantitative estimate of drug-likeness (QED) is 0.362. The Bertz CT molecular complexity index is 218. The zero-order valence-electron chi connectivity index (χ0n) is 6.23. The largest absolute Gasteiger partial charge is 0.138 e. The fraction of sp³-hybridized carbons (Fsp3) is 0.143. The van der Waals surface area contributed by atoms with Crippen LogP contribution in [0.25, 0.3) is 0 Å². The maximum atomic E-state index is 2.20. The molecule has 0 fully saturated rings. The van der Waals surface area contributed by atoms with Crippen molar-refractivity contribution in [3.8, 4) is 0 Å². The van der Waals surface area contributed by atoms with Crippen LogP contribution < -0.4 is 10.9 Å². The van der Waals surface area contributed by atoms with Crippen molar-refractivity contribution < 1.29 is 0 Å². The van der Waals surface area contributed by atoms with E-state index in [1.807, 2.05) is 0 Å². The van der Waals surface area contributed by atoms with E-state index in [2.05, 4.69) is 40.8 Å². The first-order valence-electron chi connectivity index (χ1n) is 3.24. The van der Waals surface area contributed by atoms with Gasteiger partial charge in [0.25, 0.3) is 0 Å². The summed E-state index contributed by atoms with van der Waals surface area (Å²) in [5.41, 5.74) is 4.11. The summed E-state index contributed by atoms with van der Waals surface area (Å²) >= 11 is 0. The molecule has 0 aliphatic carbocycles. The molecule has 0 heterocycles. The molecule has 9 heavy (non-hydrogen) atoms. The molecule has 0 aliphatic rings. The highest BCUT2D eigenvalue weighted by atomic mass is 13.9. The maximum Gasteiger partial charge on any atom is 0.138 e. The molecule has 0 aliphatic heterocycles. The predicted molar refractivity (Wildman–Crippen MR) is 47.5 cm³/mol. The van der Waals surface area contributed by atoms with Crippen molar-refractivity contribution in [3.05, 3.63) is 23.8 Å². The van der Waals surface area contributed by atoms with Crippen molar-refractivity contribution in [1.29, 1.82) is 0 Å². The van der Waals surface area contributed by atoms with Gasteiger partial charge in [-0.05, 0) is 6.92 Å². The summed E-state index contributed by atoms with van der Waals surface area (Å²) < 4.78 is 0. The molecule has 0 atom stereocenters. The van der Waals surface area contributed by atoms with Gasteiger partial charge in [0.2, 0.25) is 0 Å². The third kappa shape index (κ3) is 1.38. The van der Waals surface area contributed by atoms with Crippen LogP contribution in [0.5, 0.6) is 0 Å². The SMILES string of the molecule is Bc1ccc(C)cc1B. The first-order chi connectivity index (χ1) is 4.20. The number of aryl methyl sites for hydroxylation is 1. The van der Waals surface area contributed by atoms with Gasteiger partial charge in [0, 0.05) is 0 Å². The highest BCUT2D eigenvalue weighted by molar-refractivity contribution is 6.48. The summed E-state index contributed by atoms with van der Waals surface area (Å²) in [6.45, 7) is 2.12. The third-order valence-corrected chi connectivity index (χ3v) is 1.66. The fourth-order valence-corrected chi connectivity index (χ4v) is 0.891. The second-order valence-electron chi connectivity index (χ2n) is 2.59. The van der Waals surface area contributed by atoms with Crippen LogP contribution >= 0.6 is 0 Å². The van der Waals surface area contributed by atoms with Crippen LogP contribution in [-0.4, -0.2) is 15.7 Å². The average molecular weight is 116 g/mol. The minimum atomic E-state index is 1.35. The number of hydrogen-bond donors (Lipinski definition) is 0. The molecule has 0 amide bonds. The first kappa shape index (κ1) is 6.47. The average Bonchev–Trinajstić information content (AvgIpc) is 1.80. The molecule has 0 aromatic heterocycles. The topological polar surface area (TPSA) is 0 Å². The van der Waals surface area contributed by atoms with Gasteiger partial charge in [-0.2, -0.15) is 0 Å². The Morgan fingerprint density at radius 2 is 1.78 bits per heavy atom. The van der Waals surface area contributed by atoms with Gasteiger partial charge in [0.15, 0.2) is 0 Å². The van der Waals surface area contributed by atoms with E-state index < -0.39 is 0 Å². The minimum Gasteiger partial charge on any atom is -0.0951 e. The van der Waals surface area contributed by atoms with Gasteiger partial charge in [-0.15, -0.1) is 0 Å². The van der Waals surface area contributed by atoms with Gasteiger partial charge < -0.3 is 0 Å². The Labute approximate surface area is 58.1 Å². The Kier molecular flexibility index (Phi) is 1.65. The molecule has 0 nitrogen and oxygen atoms in total. The molecule has 0 unspecified atom stereocenters. The van der Waals surface area contributed by atoms with Gasteiger partial charge in [-0.1, -0.05) is 34.7 Å². The van der Waals surface area contributed by atoms with Gasteiger partial charge in [-0.3, -0.25) is 0 Å². The predicted octanol–water partition coefficient (Wildman–Crippen LogP) is -1.49. The molecular weight excluding hydrogens is 106 g/mol. The zero-order chi connectivity index (χ0) is 6.85. The zero-order valence-corrected chi connectivity index (χ0v) is 6.23. The van der Waals surface area contributed by atoms with Crippen LogP contribution in [0.1, 0.15) is 5.56 Å². The highest BCUT2D eigenvalue weighted by Gasteiger charge is 1.89. The van der Waals surface area contributed by atoms with E-state index in [1.54, 1.807) is 0 Å². The summed E-state index contributed by atoms with van der Waals surface area (Å²) in [5, 5.41) is 0. The van der Waals surface area contributed by atoms with Crippen LogP contribution in [0, 0.1) is 6.92 Å². The summed E-state index contributed by atoms with van der Waals surface area (Å²) in [5.74, 6) is 0. The molecule has 0 radical (unpaired) electrons. The molecule has 1 aromatic carbocycles. The van der Waals surface area contributed by atoms with Gasteiger partial charge in [0.05, 0.1) is 0 Å². The normalized spacial score (nSPS) is 9.44. The second kappa shape index (κ2) is 2.30. The lowest BCUT2D eigenvalue weighted by Gasteiger charge is -1.98. The van der Waals surface area contributed by atoms with E-state index in [-0.39, 0.29) is 0 Å². The van der Waals surface area contributed by atoms with E-state index in [1.165, 1.54) is 16.5 Å². The number of rotatable bonds is 0. The molecule has 0 spiro atoms. The van der Waals surface area contributed by atoms with Crippen molar-refractivity contribution in [1.82, 2.24) is 0 Å². The van der Waals surface area contributed by atoms with E-state index in [0.717, 1.165) is 0 Å². The molecule has 0 N–H and O–H groups in total. The molecule has 1 rings (SSSR count). The molecule has 44 valence electrons. The smallest absolute Gasteiger partial charge is 0.0951 e. The molecule has 2 heteroatoms. The molecule has 1 aromatic rings. The van der Waals surface area contributed by atoms with Crippen molar-refractivity contribution in [2.24, 2.45) is 0 Å². The van der Waals surface area contributed by atoms with Crippen molar-refractivity contribution >= 4 is 26.6 Å². The Hall–Kier alpha value is -0.650. The Balaban J connectivity index is 3.17. The maximum absolute atomic E-state index is 2.20. The van der Waals surface area contributed by atoms with Crippen LogP contribution in [0.4, 0.5) is 0 Å². The summed E-state index contributed by atoms with van der Waals surface area (Å²) in [7, 11) is 4.27. The van der Waals surface area contributed by atoms with Crippen LogP contribution in [-0.2, 0) is 0 Å². The van der Waals surface area contributed by atoms with Crippen LogP contribution in [0.3, 0.4) is 0 Å². The summed E-state index contributed by atoms with van der Waals surface area (Å²) in [6, 6.07) is 6.50. The standard InChI is InChI=1S/C7H10B2/c1-5-2-3-6(8)7(9)4-5/h2-4H,8-9H2,1H3.